The minimum Gasteiger partial charge on any atom is -0.491 e. The van der Waals surface area contributed by atoms with Crippen molar-refractivity contribution in [3.8, 4) is 5.75 Å². The van der Waals surface area contributed by atoms with E-state index in [-0.39, 0.29) is 12.4 Å². The topological polar surface area (TPSA) is 61.6 Å². The van der Waals surface area contributed by atoms with Gasteiger partial charge in [-0.2, -0.15) is 8.78 Å². The fraction of sp³-hybridized carbons (Fsp3) is 0.364. The second-order valence-corrected chi connectivity index (χ2v) is 3.31. The average molecular weight is 245 g/mol. The van der Waals surface area contributed by atoms with E-state index in [1.54, 1.807) is 0 Å². The maximum Gasteiger partial charge on any atom is 0.349 e. The molecule has 0 bridgehead atoms. The fourth-order valence-corrected chi connectivity index (χ4v) is 1.17. The number of benzene rings is 1. The van der Waals surface area contributed by atoms with Gasteiger partial charge in [0, 0.05) is 12.7 Å². The smallest absolute Gasteiger partial charge is 0.349 e. The van der Waals surface area contributed by atoms with Gasteiger partial charge in [-0.1, -0.05) is 12.1 Å². The highest BCUT2D eigenvalue weighted by molar-refractivity contribution is 5.83. The number of nitrogens with two attached hydrogens (primary N) is 1. The van der Waals surface area contributed by atoms with Crippen molar-refractivity contribution in [1.29, 1.82) is 0 Å². The number of methoxy groups -OCH3 is 1. The summed E-state index contributed by atoms with van der Waals surface area (Å²) >= 11 is 0. The molecule has 6 heteroatoms. The number of alkyl halides is 2. The Bertz CT molecular complexity index is 396. The van der Waals surface area contributed by atoms with Gasteiger partial charge in [0.05, 0.1) is 6.61 Å². The number of carbonyl (C=O) groups is 1. The van der Waals surface area contributed by atoms with Crippen LogP contribution in [-0.2, 0) is 15.5 Å². The quantitative estimate of drug-likeness (QED) is 0.768. The molecule has 0 saturated heterocycles. The van der Waals surface area contributed by atoms with E-state index in [2.05, 4.69) is 5.73 Å². The van der Waals surface area contributed by atoms with Crippen LogP contribution in [0.1, 0.15) is 5.56 Å². The van der Waals surface area contributed by atoms with E-state index in [1.165, 1.54) is 19.2 Å². The first-order valence-electron chi connectivity index (χ1n) is 4.88. The first-order chi connectivity index (χ1) is 7.98. The first kappa shape index (κ1) is 13.4. The summed E-state index contributed by atoms with van der Waals surface area (Å²) < 4.78 is 36.5. The van der Waals surface area contributed by atoms with Crippen LogP contribution < -0.4 is 10.5 Å². The van der Waals surface area contributed by atoms with Gasteiger partial charge in [0.25, 0.3) is 5.91 Å². The molecule has 4 nitrogen and oxygen atoms in total. The summed E-state index contributed by atoms with van der Waals surface area (Å²) in [6.45, 7) is 0.582. The Kier molecular flexibility index (Phi) is 4.39. The molecule has 1 aromatic carbocycles. The van der Waals surface area contributed by atoms with Crippen LogP contribution >= 0.6 is 0 Å². The van der Waals surface area contributed by atoms with Gasteiger partial charge in [-0.15, -0.1) is 0 Å². The van der Waals surface area contributed by atoms with Gasteiger partial charge >= 0.3 is 5.92 Å². The number of rotatable bonds is 6. The molecule has 17 heavy (non-hydrogen) atoms. The monoisotopic (exact) mass is 245 g/mol. The van der Waals surface area contributed by atoms with E-state index in [1.807, 2.05) is 0 Å². The maximum absolute atomic E-state index is 13.3. The lowest BCUT2D eigenvalue weighted by molar-refractivity contribution is -0.143. The first-order valence-corrected chi connectivity index (χ1v) is 4.88. The van der Waals surface area contributed by atoms with E-state index in [9.17, 15) is 13.6 Å². The van der Waals surface area contributed by atoms with Crippen molar-refractivity contribution >= 4 is 5.91 Å². The van der Waals surface area contributed by atoms with Crippen molar-refractivity contribution in [1.82, 2.24) is 0 Å². The van der Waals surface area contributed by atoms with Crippen LogP contribution in [-0.4, -0.2) is 26.2 Å². The SMILES string of the molecule is COCCOc1cccc(C(F)(F)C(N)=O)c1. The molecule has 0 aromatic heterocycles. The van der Waals surface area contributed by atoms with Gasteiger partial charge in [0.15, 0.2) is 0 Å². The zero-order valence-corrected chi connectivity index (χ0v) is 9.28. The summed E-state index contributed by atoms with van der Waals surface area (Å²) in [6.07, 6.45) is 0. The molecular weight excluding hydrogens is 232 g/mol. The normalized spacial score (nSPS) is 11.2. The van der Waals surface area contributed by atoms with Crippen molar-refractivity contribution < 1.29 is 23.0 Å². The number of carbonyl (C=O) groups excluding carboxylic acids is 1. The molecule has 0 aliphatic carbocycles. The second kappa shape index (κ2) is 5.58. The molecule has 0 spiro atoms. The third-order valence-electron chi connectivity index (χ3n) is 2.06. The van der Waals surface area contributed by atoms with Gasteiger partial charge in [-0.05, 0) is 12.1 Å². The van der Waals surface area contributed by atoms with E-state index >= 15 is 0 Å². The van der Waals surface area contributed by atoms with E-state index in [0.717, 1.165) is 12.1 Å². The Morgan fingerprint density at radius 2 is 2.12 bits per heavy atom. The molecular formula is C11H13F2NO3. The highest BCUT2D eigenvalue weighted by Gasteiger charge is 2.38. The summed E-state index contributed by atoms with van der Waals surface area (Å²) in [7, 11) is 1.50. The van der Waals surface area contributed by atoms with Crippen molar-refractivity contribution in [2.45, 2.75) is 5.92 Å². The molecule has 1 rings (SSSR count). The molecule has 0 atom stereocenters. The third-order valence-corrected chi connectivity index (χ3v) is 2.06. The van der Waals surface area contributed by atoms with Crippen molar-refractivity contribution in [2.75, 3.05) is 20.3 Å². The van der Waals surface area contributed by atoms with Gasteiger partial charge in [-0.25, -0.2) is 0 Å². The number of ether oxygens (including phenoxy) is 2. The van der Waals surface area contributed by atoms with Crippen molar-refractivity contribution in [3.63, 3.8) is 0 Å². The number of hydrogen-bond donors (Lipinski definition) is 1. The average Bonchev–Trinajstić information content (AvgIpc) is 2.29. The van der Waals surface area contributed by atoms with Gasteiger partial charge in [0.1, 0.15) is 12.4 Å². The standard InChI is InChI=1S/C11H13F2NO3/c1-16-5-6-17-9-4-2-3-8(7-9)11(12,13)10(14)15/h2-4,7H,5-6H2,1H3,(H2,14,15). The molecule has 0 unspecified atom stereocenters. The summed E-state index contributed by atoms with van der Waals surface area (Å²) in [6, 6.07) is 5.08. The zero-order valence-electron chi connectivity index (χ0n) is 9.28. The molecule has 0 aliphatic rings. The highest BCUT2D eigenvalue weighted by atomic mass is 19.3. The fourth-order valence-electron chi connectivity index (χ4n) is 1.17. The van der Waals surface area contributed by atoms with Crippen LogP contribution in [0.5, 0.6) is 5.75 Å². The molecule has 0 fully saturated rings. The molecule has 1 amide bonds. The lowest BCUT2D eigenvalue weighted by atomic mass is 10.1. The highest BCUT2D eigenvalue weighted by Crippen LogP contribution is 2.29. The minimum atomic E-state index is -3.69. The second-order valence-electron chi connectivity index (χ2n) is 3.31. The zero-order chi connectivity index (χ0) is 12.9. The van der Waals surface area contributed by atoms with E-state index < -0.39 is 17.4 Å². The Hall–Kier alpha value is -1.69. The molecule has 1 aromatic rings. The van der Waals surface area contributed by atoms with Crippen molar-refractivity contribution in [2.24, 2.45) is 5.73 Å². The van der Waals surface area contributed by atoms with Gasteiger partial charge in [0.2, 0.25) is 0 Å². The van der Waals surface area contributed by atoms with Crippen LogP contribution in [0, 0.1) is 0 Å². The predicted molar refractivity (Wildman–Crippen MR) is 56.9 cm³/mol. The molecule has 0 radical (unpaired) electrons. The molecule has 0 saturated carbocycles. The molecule has 94 valence electrons. The largest absolute Gasteiger partial charge is 0.491 e. The Labute approximate surface area is 97.3 Å². The van der Waals surface area contributed by atoms with E-state index in [0.29, 0.717) is 6.61 Å². The Morgan fingerprint density at radius 3 is 2.71 bits per heavy atom. The molecule has 0 aliphatic heterocycles. The molecule has 0 heterocycles. The number of primary amides is 1. The summed E-state index contributed by atoms with van der Waals surface area (Å²) in [4.78, 5) is 10.6. The maximum atomic E-state index is 13.3. The Morgan fingerprint density at radius 1 is 1.41 bits per heavy atom. The van der Waals surface area contributed by atoms with Crippen LogP contribution in [0.4, 0.5) is 8.78 Å². The summed E-state index contributed by atoms with van der Waals surface area (Å²) in [5, 5.41) is 0. The predicted octanol–water partition coefficient (Wildman–Crippen LogP) is 1.29. The number of hydrogen-bond acceptors (Lipinski definition) is 3. The van der Waals surface area contributed by atoms with E-state index in [4.69, 9.17) is 9.47 Å². The summed E-state index contributed by atoms with van der Waals surface area (Å²) in [5.41, 5.74) is 4.14. The Balaban J connectivity index is 2.82. The van der Waals surface area contributed by atoms with Gasteiger partial charge in [-0.3, -0.25) is 4.79 Å². The lowest BCUT2D eigenvalue weighted by Gasteiger charge is -2.13. The summed E-state index contributed by atoms with van der Waals surface area (Å²) in [5.74, 6) is -5.15. The van der Waals surface area contributed by atoms with Crippen LogP contribution in [0.2, 0.25) is 0 Å². The minimum absolute atomic E-state index is 0.237. The molecule has 2 N–H and O–H groups in total. The lowest BCUT2D eigenvalue weighted by Crippen LogP contribution is -2.32. The van der Waals surface area contributed by atoms with Crippen LogP contribution in [0.3, 0.4) is 0 Å². The third kappa shape index (κ3) is 3.39. The number of amides is 1. The van der Waals surface area contributed by atoms with Crippen LogP contribution in [0.15, 0.2) is 24.3 Å². The number of halogens is 2. The van der Waals surface area contributed by atoms with Crippen LogP contribution in [0.25, 0.3) is 0 Å². The van der Waals surface area contributed by atoms with Gasteiger partial charge < -0.3 is 15.2 Å². The van der Waals surface area contributed by atoms with Crippen molar-refractivity contribution in [3.05, 3.63) is 29.8 Å².